The number of rotatable bonds is 5. The number of carbonyl (C=O) groups excluding carboxylic acids is 1. The standard InChI is InChI=1S/C20H18O6/c1-3-12-4-6-15-13(9-19(22)26-18(15)8-12)11-25-20(23)16-7-5-14(24-2)10-17(16)21/h4-10,21H,3,11H2,1-2H3. The molecule has 6 heteroatoms. The largest absolute Gasteiger partial charge is 0.507 e. The van der Waals surface area contributed by atoms with Crippen molar-refractivity contribution in [3.63, 3.8) is 0 Å². The summed E-state index contributed by atoms with van der Waals surface area (Å²) in [6, 6.07) is 11.2. The normalized spacial score (nSPS) is 10.7. The van der Waals surface area contributed by atoms with Gasteiger partial charge in [-0.3, -0.25) is 0 Å². The monoisotopic (exact) mass is 354 g/mol. The first-order valence-electron chi connectivity index (χ1n) is 8.11. The van der Waals surface area contributed by atoms with Crippen molar-refractivity contribution in [3.8, 4) is 11.5 Å². The predicted molar refractivity (Wildman–Crippen MR) is 95.6 cm³/mol. The quantitative estimate of drug-likeness (QED) is 0.558. The van der Waals surface area contributed by atoms with Gasteiger partial charge in [0.15, 0.2) is 0 Å². The fourth-order valence-corrected chi connectivity index (χ4v) is 2.65. The van der Waals surface area contributed by atoms with Crippen molar-refractivity contribution in [1.29, 1.82) is 0 Å². The fraction of sp³-hybridized carbons (Fsp3) is 0.200. The Bertz CT molecular complexity index is 1020. The van der Waals surface area contributed by atoms with Crippen molar-refractivity contribution in [2.24, 2.45) is 0 Å². The molecule has 3 rings (SSSR count). The minimum atomic E-state index is -0.697. The molecule has 0 bridgehead atoms. The average molecular weight is 354 g/mol. The number of hydrogen-bond donors (Lipinski definition) is 1. The van der Waals surface area contributed by atoms with Crippen molar-refractivity contribution in [3.05, 3.63) is 69.6 Å². The molecule has 0 aliphatic carbocycles. The number of hydrogen-bond acceptors (Lipinski definition) is 6. The van der Waals surface area contributed by atoms with Gasteiger partial charge in [-0.2, -0.15) is 0 Å². The summed E-state index contributed by atoms with van der Waals surface area (Å²) < 4.78 is 15.5. The van der Waals surface area contributed by atoms with Crippen LogP contribution in [0, 0.1) is 0 Å². The molecule has 1 N–H and O–H groups in total. The van der Waals surface area contributed by atoms with Gasteiger partial charge in [-0.05, 0) is 30.2 Å². The second-order valence-electron chi connectivity index (χ2n) is 5.73. The van der Waals surface area contributed by atoms with E-state index in [1.807, 2.05) is 19.1 Å². The molecule has 0 atom stereocenters. The van der Waals surface area contributed by atoms with Crippen LogP contribution >= 0.6 is 0 Å². The van der Waals surface area contributed by atoms with Gasteiger partial charge in [-0.1, -0.05) is 19.1 Å². The van der Waals surface area contributed by atoms with Gasteiger partial charge < -0.3 is 19.0 Å². The first-order valence-corrected chi connectivity index (χ1v) is 8.11. The zero-order valence-corrected chi connectivity index (χ0v) is 14.4. The van der Waals surface area contributed by atoms with Crippen molar-refractivity contribution < 1.29 is 23.8 Å². The summed E-state index contributed by atoms with van der Waals surface area (Å²) >= 11 is 0. The third-order valence-corrected chi connectivity index (χ3v) is 4.09. The van der Waals surface area contributed by atoms with E-state index < -0.39 is 11.6 Å². The number of benzene rings is 2. The Labute approximate surface area is 149 Å². The van der Waals surface area contributed by atoms with E-state index in [2.05, 4.69) is 0 Å². The molecule has 1 heterocycles. The zero-order valence-electron chi connectivity index (χ0n) is 14.4. The number of esters is 1. The summed E-state index contributed by atoms with van der Waals surface area (Å²) in [5, 5.41) is 10.6. The number of carbonyl (C=O) groups is 1. The van der Waals surface area contributed by atoms with E-state index >= 15 is 0 Å². The lowest BCUT2D eigenvalue weighted by Gasteiger charge is -2.09. The summed E-state index contributed by atoms with van der Waals surface area (Å²) in [6.07, 6.45) is 0.815. The van der Waals surface area contributed by atoms with Gasteiger partial charge in [0, 0.05) is 23.1 Å². The number of aryl methyl sites for hydroxylation is 1. The number of ether oxygens (including phenoxy) is 2. The van der Waals surface area contributed by atoms with Crippen LogP contribution in [-0.4, -0.2) is 18.2 Å². The molecular weight excluding hydrogens is 336 g/mol. The maximum atomic E-state index is 12.2. The van der Waals surface area contributed by atoms with Crippen LogP contribution < -0.4 is 10.4 Å². The molecule has 0 aliphatic heterocycles. The molecule has 6 nitrogen and oxygen atoms in total. The molecule has 0 aliphatic rings. The number of phenols is 1. The highest BCUT2D eigenvalue weighted by molar-refractivity contribution is 5.92. The van der Waals surface area contributed by atoms with Gasteiger partial charge in [-0.15, -0.1) is 0 Å². The van der Waals surface area contributed by atoms with Crippen LogP contribution in [0.3, 0.4) is 0 Å². The van der Waals surface area contributed by atoms with Crippen LogP contribution in [-0.2, 0) is 17.8 Å². The second-order valence-corrected chi connectivity index (χ2v) is 5.73. The first-order chi connectivity index (χ1) is 12.5. The van der Waals surface area contributed by atoms with Gasteiger partial charge in [-0.25, -0.2) is 9.59 Å². The zero-order chi connectivity index (χ0) is 18.7. The van der Waals surface area contributed by atoms with E-state index in [1.165, 1.54) is 25.3 Å². The Balaban J connectivity index is 1.85. The van der Waals surface area contributed by atoms with E-state index in [-0.39, 0.29) is 17.9 Å². The Morgan fingerprint density at radius 1 is 1.15 bits per heavy atom. The number of fused-ring (bicyclic) bond motifs is 1. The summed E-state index contributed by atoms with van der Waals surface area (Å²) in [6.45, 7) is 1.89. The van der Waals surface area contributed by atoms with E-state index in [9.17, 15) is 14.7 Å². The lowest BCUT2D eigenvalue weighted by atomic mass is 10.1. The molecule has 134 valence electrons. The minimum absolute atomic E-state index is 0.0198. The molecule has 0 spiro atoms. The molecule has 0 amide bonds. The van der Waals surface area contributed by atoms with Crippen LogP contribution in [0.1, 0.15) is 28.4 Å². The predicted octanol–water partition coefficient (Wildman–Crippen LogP) is 3.43. The Hall–Kier alpha value is -3.28. The molecule has 0 unspecified atom stereocenters. The second kappa shape index (κ2) is 7.31. The van der Waals surface area contributed by atoms with Crippen LogP contribution in [0.4, 0.5) is 0 Å². The topological polar surface area (TPSA) is 86.0 Å². The summed E-state index contributed by atoms with van der Waals surface area (Å²) in [5.41, 5.74) is 1.55. The lowest BCUT2D eigenvalue weighted by Crippen LogP contribution is -2.08. The molecule has 0 fully saturated rings. The molecular formula is C20H18O6. The fourth-order valence-electron chi connectivity index (χ4n) is 2.65. The Morgan fingerprint density at radius 3 is 2.65 bits per heavy atom. The number of phenolic OH excluding ortho intramolecular Hbond substituents is 1. The highest BCUT2D eigenvalue weighted by Gasteiger charge is 2.15. The van der Waals surface area contributed by atoms with Crippen molar-refractivity contribution in [1.82, 2.24) is 0 Å². The van der Waals surface area contributed by atoms with Crippen LogP contribution in [0.25, 0.3) is 11.0 Å². The smallest absolute Gasteiger partial charge is 0.342 e. The third-order valence-electron chi connectivity index (χ3n) is 4.09. The molecule has 0 saturated carbocycles. The van der Waals surface area contributed by atoms with Gasteiger partial charge in [0.2, 0.25) is 0 Å². The van der Waals surface area contributed by atoms with E-state index in [1.54, 1.807) is 12.1 Å². The maximum absolute atomic E-state index is 12.2. The molecule has 3 aromatic rings. The van der Waals surface area contributed by atoms with Gasteiger partial charge in [0.1, 0.15) is 29.3 Å². The minimum Gasteiger partial charge on any atom is -0.507 e. The van der Waals surface area contributed by atoms with Crippen LogP contribution in [0.2, 0.25) is 0 Å². The molecule has 26 heavy (non-hydrogen) atoms. The average Bonchev–Trinajstić information content (AvgIpc) is 2.64. The van der Waals surface area contributed by atoms with Gasteiger partial charge in [0.05, 0.1) is 7.11 Å². The number of aromatic hydroxyl groups is 1. The summed E-state index contributed by atoms with van der Waals surface area (Å²) in [7, 11) is 1.46. The first kappa shape index (κ1) is 17.5. The molecule has 0 saturated heterocycles. The summed E-state index contributed by atoms with van der Waals surface area (Å²) in [4.78, 5) is 24.0. The van der Waals surface area contributed by atoms with Crippen LogP contribution in [0.5, 0.6) is 11.5 Å². The van der Waals surface area contributed by atoms with Crippen molar-refractivity contribution in [2.75, 3.05) is 7.11 Å². The molecule has 0 radical (unpaired) electrons. The van der Waals surface area contributed by atoms with Gasteiger partial charge in [0.25, 0.3) is 0 Å². The Kier molecular flexibility index (Phi) is 4.93. The van der Waals surface area contributed by atoms with E-state index in [0.717, 1.165) is 12.0 Å². The van der Waals surface area contributed by atoms with Gasteiger partial charge >= 0.3 is 11.6 Å². The Morgan fingerprint density at radius 2 is 1.96 bits per heavy atom. The van der Waals surface area contributed by atoms with E-state index in [4.69, 9.17) is 13.9 Å². The summed E-state index contributed by atoms with van der Waals surface area (Å²) in [5.74, 6) is -0.506. The van der Waals surface area contributed by atoms with E-state index in [0.29, 0.717) is 22.3 Å². The highest BCUT2D eigenvalue weighted by Crippen LogP contribution is 2.25. The maximum Gasteiger partial charge on any atom is 0.342 e. The number of methoxy groups -OCH3 is 1. The third kappa shape index (κ3) is 3.54. The highest BCUT2D eigenvalue weighted by atomic mass is 16.5. The van der Waals surface area contributed by atoms with Crippen molar-refractivity contribution in [2.45, 2.75) is 20.0 Å². The SMILES string of the molecule is CCc1ccc2c(COC(=O)c3ccc(OC)cc3O)cc(=O)oc2c1. The lowest BCUT2D eigenvalue weighted by molar-refractivity contribution is 0.0470. The van der Waals surface area contributed by atoms with Crippen molar-refractivity contribution >= 4 is 16.9 Å². The van der Waals surface area contributed by atoms with Crippen LogP contribution in [0.15, 0.2) is 51.7 Å². The molecule has 1 aromatic heterocycles. The molecule has 2 aromatic carbocycles.